The van der Waals surface area contributed by atoms with E-state index in [0.29, 0.717) is 0 Å². The fraction of sp³-hybridized carbons (Fsp3) is 0.471. The maximum Gasteiger partial charge on any atom is 0.203 e. The third kappa shape index (κ3) is 3.35. The Morgan fingerprint density at radius 1 is 1.36 bits per heavy atom. The zero-order valence-electron chi connectivity index (χ0n) is 13.2. The van der Waals surface area contributed by atoms with Crippen LogP contribution >= 0.6 is 0 Å². The van der Waals surface area contributed by atoms with Crippen molar-refractivity contribution >= 4 is 11.6 Å². The standard InChI is InChI=1S/C17H23N3O2/c1-17(9-6-12-22-17)19-16(20-10-3-4-11-20)18-14-7-5-8-15(13-14)21-2/h5-8,12-13H,3-4,9-11H2,1-2H3,(H,18,19). The molecule has 1 unspecified atom stereocenters. The van der Waals surface area contributed by atoms with E-state index in [2.05, 4.69) is 10.2 Å². The van der Waals surface area contributed by atoms with E-state index in [0.717, 1.165) is 36.9 Å². The second kappa shape index (κ2) is 6.30. The number of aliphatic imine (C=N–C) groups is 1. The molecular formula is C17H23N3O2. The van der Waals surface area contributed by atoms with Gasteiger partial charge in [-0.3, -0.25) is 0 Å². The topological polar surface area (TPSA) is 46.1 Å². The molecule has 1 fully saturated rings. The molecule has 118 valence electrons. The van der Waals surface area contributed by atoms with Gasteiger partial charge >= 0.3 is 0 Å². The molecule has 0 bridgehead atoms. The Hall–Kier alpha value is -2.17. The van der Waals surface area contributed by atoms with Crippen molar-refractivity contribution in [2.75, 3.05) is 25.5 Å². The van der Waals surface area contributed by atoms with Gasteiger partial charge in [0.05, 0.1) is 13.4 Å². The van der Waals surface area contributed by atoms with Gasteiger partial charge in [-0.05, 0) is 38.0 Å². The number of nitrogens with one attached hydrogen (secondary N) is 1. The molecule has 1 aromatic rings. The molecule has 0 aliphatic carbocycles. The third-order valence-corrected chi connectivity index (χ3v) is 3.99. The van der Waals surface area contributed by atoms with Gasteiger partial charge in [-0.25, -0.2) is 4.99 Å². The first-order valence-corrected chi connectivity index (χ1v) is 7.77. The molecule has 0 radical (unpaired) electrons. The molecule has 1 N–H and O–H groups in total. The highest BCUT2D eigenvalue weighted by molar-refractivity contribution is 5.94. The second-order valence-corrected chi connectivity index (χ2v) is 5.86. The molecule has 0 amide bonds. The van der Waals surface area contributed by atoms with Crippen molar-refractivity contribution in [1.29, 1.82) is 0 Å². The van der Waals surface area contributed by atoms with E-state index in [9.17, 15) is 0 Å². The van der Waals surface area contributed by atoms with Crippen LogP contribution < -0.4 is 10.1 Å². The number of hydrogen-bond donors (Lipinski definition) is 1. The number of methoxy groups -OCH3 is 1. The molecule has 0 saturated carbocycles. The first kappa shape index (κ1) is 14.8. The molecule has 1 aromatic carbocycles. The first-order valence-electron chi connectivity index (χ1n) is 7.77. The Balaban J connectivity index is 1.83. The van der Waals surface area contributed by atoms with Crippen molar-refractivity contribution in [2.45, 2.75) is 31.9 Å². The summed E-state index contributed by atoms with van der Waals surface area (Å²) in [5.41, 5.74) is 0.462. The smallest absolute Gasteiger partial charge is 0.203 e. The van der Waals surface area contributed by atoms with Crippen molar-refractivity contribution in [1.82, 2.24) is 4.90 Å². The van der Waals surface area contributed by atoms with Crippen LogP contribution in [0.25, 0.3) is 0 Å². The highest BCUT2D eigenvalue weighted by atomic mass is 16.5. The molecule has 1 saturated heterocycles. The van der Waals surface area contributed by atoms with Crippen LogP contribution in [0.3, 0.4) is 0 Å². The summed E-state index contributed by atoms with van der Waals surface area (Å²) < 4.78 is 10.9. The van der Waals surface area contributed by atoms with E-state index in [-0.39, 0.29) is 0 Å². The summed E-state index contributed by atoms with van der Waals surface area (Å²) in [6, 6.07) is 7.90. The van der Waals surface area contributed by atoms with Crippen LogP contribution in [0.1, 0.15) is 26.2 Å². The van der Waals surface area contributed by atoms with Gasteiger partial charge in [0, 0.05) is 31.3 Å². The predicted molar refractivity (Wildman–Crippen MR) is 88.1 cm³/mol. The Morgan fingerprint density at radius 2 is 2.18 bits per heavy atom. The summed E-state index contributed by atoms with van der Waals surface area (Å²) in [4.78, 5) is 7.13. The van der Waals surface area contributed by atoms with E-state index in [1.807, 2.05) is 37.3 Å². The molecule has 0 spiro atoms. The summed E-state index contributed by atoms with van der Waals surface area (Å²) in [6.45, 7) is 4.06. The maximum atomic E-state index is 5.65. The molecule has 0 aromatic heterocycles. The lowest BCUT2D eigenvalue weighted by atomic mass is 10.2. The molecule has 2 aliphatic rings. The molecule has 5 heteroatoms. The van der Waals surface area contributed by atoms with Crippen LogP contribution in [0.15, 0.2) is 41.6 Å². The van der Waals surface area contributed by atoms with E-state index in [4.69, 9.17) is 14.5 Å². The highest BCUT2D eigenvalue weighted by Gasteiger charge is 2.29. The van der Waals surface area contributed by atoms with Gasteiger partial charge in [-0.15, -0.1) is 0 Å². The largest absolute Gasteiger partial charge is 0.497 e. The molecule has 3 rings (SSSR count). The lowest BCUT2D eigenvalue weighted by molar-refractivity contribution is 0.0716. The van der Waals surface area contributed by atoms with Gasteiger partial charge in [0.1, 0.15) is 5.75 Å². The summed E-state index contributed by atoms with van der Waals surface area (Å²) in [5.74, 6) is 1.70. The van der Waals surface area contributed by atoms with Gasteiger partial charge in [0.25, 0.3) is 0 Å². The number of hydrogen-bond acceptors (Lipinski definition) is 3. The number of anilines is 1. The lowest BCUT2D eigenvalue weighted by Crippen LogP contribution is -2.37. The van der Waals surface area contributed by atoms with Crippen molar-refractivity contribution < 1.29 is 9.47 Å². The Labute approximate surface area is 131 Å². The SMILES string of the molecule is COc1cccc(NC(=NC2(C)CC=CO2)N2CCCC2)c1. The zero-order chi connectivity index (χ0) is 15.4. The zero-order valence-corrected chi connectivity index (χ0v) is 13.2. The van der Waals surface area contributed by atoms with Gasteiger partial charge in [-0.1, -0.05) is 6.07 Å². The fourth-order valence-electron chi connectivity index (χ4n) is 2.74. The molecule has 2 aliphatic heterocycles. The predicted octanol–water partition coefficient (Wildman–Crippen LogP) is 3.21. The van der Waals surface area contributed by atoms with Crippen molar-refractivity contribution in [3.63, 3.8) is 0 Å². The normalized spacial score (nSPS) is 24.5. The van der Waals surface area contributed by atoms with E-state index in [1.54, 1.807) is 13.4 Å². The number of guanidine groups is 1. The van der Waals surface area contributed by atoms with Crippen LogP contribution in [0.4, 0.5) is 5.69 Å². The van der Waals surface area contributed by atoms with E-state index in [1.165, 1.54) is 12.8 Å². The third-order valence-electron chi connectivity index (χ3n) is 3.99. The fourth-order valence-corrected chi connectivity index (χ4v) is 2.74. The van der Waals surface area contributed by atoms with Crippen molar-refractivity contribution in [2.24, 2.45) is 4.99 Å². The average molecular weight is 301 g/mol. The van der Waals surface area contributed by atoms with Gasteiger partial charge < -0.3 is 19.7 Å². The number of likely N-dealkylation sites (tertiary alicyclic amines) is 1. The summed E-state index contributed by atoms with van der Waals surface area (Å²) >= 11 is 0. The number of ether oxygens (including phenoxy) is 2. The summed E-state index contributed by atoms with van der Waals surface area (Å²) in [6.07, 6.45) is 6.95. The summed E-state index contributed by atoms with van der Waals surface area (Å²) in [7, 11) is 1.67. The maximum absolute atomic E-state index is 5.65. The minimum Gasteiger partial charge on any atom is -0.497 e. The van der Waals surface area contributed by atoms with Gasteiger partial charge in [0.2, 0.25) is 11.7 Å². The molecule has 2 heterocycles. The average Bonchev–Trinajstić information content (AvgIpc) is 3.19. The van der Waals surface area contributed by atoms with Crippen molar-refractivity contribution in [3.05, 3.63) is 36.6 Å². The molecule has 5 nitrogen and oxygen atoms in total. The van der Waals surface area contributed by atoms with Crippen LogP contribution in [0, 0.1) is 0 Å². The molecular weight excluding hydrogens is 278 g/mol. The van der Waals surface area contributed by atoms with Crippen LogP contribution in [0.5, 0.6) is 5.75 Å². The van der Waals surface area contributed by atoms with Gasteiger partial charge in [-0.2, -0.15) is 0 Å². The number of rotatable bonds is 3. The van der Waals surface area contributed by atoms with Crippen molar-refractivity contribution in [3.8, 4) is 5.75 Å². The summed E-state index contributed by atoms with van der Waals surface area (Å²) in [5, 5.41) is 3.44. The Kier molecular flexibility index (Phi) is 4.22. The Bertz CT molecular complexity index is 569. The van der Waals surface area contributed by atoms with E-state index >= 15 is 0 Å². The van der Waals surface area contributed by atoms with Crippen LogP contribution in [-0.4, -0.2) is 36.8 Å². The van der Waals surface area contributed by atoms with E-state index < -0.39 is 5.72 Å². The Morgan fingerprint density at radius 3 is 2.86 bits per heavy atom. The number of nitrogens with zero attached hydrogens (tertiary/aromatic N) is 2. The highest BCUT2D eigenvalue weighted by Crippen LogP contribution is 2.26. The second-order valence-electron chi connectivity index (χ2n) is 5.86. The minimum atomic E-state index is -0.510. The monoisotopic (exact) mass is 301 g/mol. The first-order chi connectivity index (χ1) is 10.7. The molecule has 1 atom stereocenters. The van der Waals surface area contributed by atoms with Crippen LogP contribution in [-0.2, 0) is 4.74 Å². The lowest BCUT2D eigenvalue weighted by Gasteiger charge is -2.26. The molecule has 22 heavy (non-hydrogen) atoms. The number of benzene rings is 1. The van der Waals surface area contributed by atoms with Crippen LogP contribution in [0.2, 0.25) is 0 Å². The van der Waals surface area contributed by atoms with Gasteiger partial charge in [0.15, 0.2) is 0 Å². The minimum absolute atomic E-state index is 0.510. The quantitative estimate of drug-likeness (QED) is 0.688.